The Labute approximate surface area is 119 Å². The zero-order valence-corrected chi connectivity index (χ0v) is 12.2. The first-order valence-electron chi connectivity index (χ1n) is 4.97. The lowest BCUT2D eigenvalue weighted by Crippen LogP contribution is -2.23. The molecule has 0 bridgehead atoms. The van der Waals surface area contributed by atoms with Crippen molar-refractivity contribution in [3.63, 3.8) is 0 Å². The topological polar surface area (TPSA) is 46.2 Å². The molecule has 1 N–H and O–H groups in total. The molecular weight excluding hydrogens is 313 g/mol. The average molecular weight is 322 g/mol. The van der Waals surface area contributed by atoms with Crippen LogP contribution in [0.15, 0.2) is 40.6 Å². The van der Waals surface area contributed by atoms with Crippen LogP contribution in [0.2, 0.25) is 10.0 Å². The molecule has 1 aromatic heterocycles. The van der Waals surface area contributed by atoms with Gasteiger partial charge in [-0.3, -0.25) is 0 Å². The summed E-state index contributed by atoms with van der Waals surface area (Å²) in [5.74, 6) is 0. The molecule has 3 nitrogen and oxygen atoms in total. The van der Waals surface area contributed by atoms with Crippen LogP contribution in [0, 0.1) is 0 Å². The van der Waals surface area contributed by atoms with E-state index in [2.05, 4.69) is 4.72 Å². The number of benzene rings is 1. The van der Waals surface area contributed by atoms with Gasteiger partial charge < -0.3 is 0 Å². The Hall–Kier alpha value is -0.590. The van der Waals surface area contributed by atoms with Crippen molar-refractivity contribution < 1.29 is 8.42 Å². The predicted octanol–water partition coefficient (Wildman–Crippen LogP) is 3.53. The number of thiophene rings is 1. The number of sulfonamides is 1. The zero-order valence-electron chi connectivity index (χ0n) is 9.06. The summed E-state index contributed by atoms with van der Waals surface area (Å²) in [4.78, 5) is 0.839. The molecular formula is C11H9Cl2NO2S2. The highest BCUT2D eigenvalue weighted by molar-refractivity contribution is 7.89. The van der Waals surface area contributed by atoms with E-state index in [1.54, 1.807) is 18.2 Å². The Morgan fingerprint density at radius 2 is 1.83 bits per heavy atom. The van der Waals surface area contributed by atoms with Gasteiger partial charge in [0.15, 0.2) is 0 Å². The van der Waals surface area contributed by atoms with E-state index in [0.29, 0.717) is 5.02 Å². The molecule has 0 atom stereocenters. The summed E-state index contributed by atoms with van der Waals surface area (Å²) in [5.41, 5.74) is 0. The summed E-state index contributed by atoms with van der Waals surface area (Å²) in [5, 5.41) is 2.56. The predicted molar refractivity (Wildman–Crippen MR) is 74.8 cm³/mol. The van der Waals surface area contributed by atoms with Crippen molar-refractivity contribution in [1.29, 1.82) is 0 Å². The van der Waals surface area contributed by atoms with Gasteiger partial charge in [-0.1, -0.05) is 35.3 Å². The number of rotatable bonds is 4. The van der Waals surface area contributed by atoms with Crippen LogP contribution in [0.4, 0.5) is 0 Å². The van der Waals surface area contributed by atoms with Crippen molar-refractivity contribution in [2.24, 2.45) is 0 Å². The highest BCUT2D eigenvalue weighted by Gasteiger charge is 2.17. The molecule has 0 spiro atoms. The fourth-order valence-corrected chi connectivity index (χ4v) is 4.00. The Kier molecular flexibility index (Phi) is 4.29. The monoisotopic (exact) mass is 321 g/mol. The van der Waals surface area contributed by atoms with Crippen LogP contribution in [0.3, 0.4) is 0 Å². The minimum Gasteiger partial charge on any atom is -0.207 e. The van der Waals surface area contributed by atoms with E-state index in [9.17, 15) is 8.42 Å². The first-order valence-corrected chi connectivity index (χ1v) is 8.08. The van der Waals surface area contributed by atoms with Gasteiger partial charge in [0.2, 0.25) is 10.0 Å². The first kappa shape index (κ1) is 13.8. The molecule has 0 saturated heterocycles. The Balaban J connectivity index is 2.19. The number of hydrogen-bond acceptors (Lipinski definition) is 3. The van der Waals surface area contributed by atoms with Crippen LogP contribution in [0.5, 0.6) is 0 Å². The molecule has 0 unspecified atom stereocenters. The van der Waals surface area contributed by atoms with Gasteiger partial charge in [-0.05, 0) is 23.6 Å². The maximum absolute atomic E-state index is 12.0. The van der Waals surface area contributed by atoms with E-state index < -0.39 is 10.0 Å². The van der Waals surface area contributed by atoms with Gasteiger partial charge in [0.05, 0.1) is 10.0 Å². The summed E-state index contributed by atoms with van der Waals surface area (Å²) < 4.78 is 26.5. The lowest BCUT2D eigenvalue weighted by molar-refractivity contribution is 0.582. The van der Waals surface area contributed by atoms with Crippen molar-refractivity contribution in [2.45, 2.75) is 11.4 Å². The SMILES string of the molecule is O=S(=O)(NCc1sccc1Cl)c1ccccc1Cl. The highest BCUT2D eigenvalue weighted by atomic mass is 35.5. The normalized spacial score (nSPS) is 11.7. The smallest absolute Gasteiger partial charge is 0.207 e. The molecule has 0 radical (unpaired) electrons. The number of nitrogens with one attached hydrogen (secondary N) is 1. The third-order valence-corrected chi connectivity index (χ3v) is 5.53. The quantitative estimate of drug-likeness (QED) is 0.936. The maximum atomic E-state index is 12.0. The Morgan fingerprint density at radius 1 is 1.11 bits per heavy atom. The first-order chi connectivity index (χ1) is 8.50. The third-order valence-electron chi connectivity index (χ3n) is 2.24. The summed E-state index contributed by atoms with van der Waals surface area (Å²) in [7, 11) is -3.62. The second-order valence-corrected chi connectivity index (χ2v) is 7.00. The molecule has 2 aromatic rings. The fraction of sp³-hybridized carbons (Fsp3) is 0.0909. The lowest BCUT2D eigenvalue weighted by Gasteiger charge is -2.07. The van der Waals surface area contributed by atoms with Gasteiger partial charge in [0, 0.05) is 11.4 Å². The molecule has 0 aliphatic carbocycles. The van der Waals surface area contributed by atoms with Crippen molar-refractivity contribution in [3.8, 4) is 0 Å². The van der Waals surface area contributed by atoms with Gasteiger partial charge in [-0.25, -0.2) is 13.1 Å². The Morgan fingerprint density at radius 3 is 2.44 bits per heavy atom. The summed E-state index contributed by atoms with van der Waals surface area (Å²) in [6.45, 7) is 0.157. The standard InChI is InChI=1S/C11H9Cl2NO2S2/c12-8-5-6-17-10(8)7-14-18(15,16)11-4-2-1-3-9(11)13/h1-6,14H,7H2. The van der Waals surface area contributed by atoms with E-state index in [-0.39, 0.29) is 16.5 Å². The van der Waals surface area contributed by atoms with E-state index in [4.69, 9.17) is 23.2 Å². The van der Waals surface area contributed by atoms with Gasteiger partial charge in [0.1, 0.15) is 4.90 Å². The summed E-state index contributed by atoms with van der Waals surface area (Å²) >= 11 is 13.2. The molecule has 1 heterocycles. The summed E-state index contributed by atoms with van der Waals surface area (Å²) in [6.07, 6.45) is 0. The minimum atomic E-state index is -3.62. The molecule has 7 heteroatoms. The summed E-state index contributed by atoms with van der Waals surface area (Å²) in [6, 6.07) is 8.02. The van der Waals surface area contributed by atoms with Crippen LogP contribution >= 0.6 is 34.5 Å². The number of halogens is 2. The van der Waals surface area contributed by atoms with Crippen LogP contribution in [-0.2, 0) is 16.6 Å². The van der Waals surface area contributed by atoms with Crippen molar-refractivity contribution in [1.82, 2.24) is 4.72 Å². The minimum absolute atomic E-state index is 0.0688. The van der Waals surface area contributed by atoms with Gasteiger partial charge >= 0.3 is 0 Å². The lowest BCUT2D eigenvalue weighted by atomic mass is 10.4. The fourth-order valence-electron chi connectivity index (χ4n) is 1.35. The van der Waals surface area contributed by atoms with Crippen molar-refractivity contribution >= 4 is 44.6 Å². The van der Waals surface area contributed by atoms with Gasteiger partial charge in [-0.15, -0.1) is 11.3 Å². The van der Waals surface area contributed by atoms with Gasteiger partial charge in [-0.2, -0.15) is 0 Å². The average Bonchev–Trinajstić information content (AvgIpc) is 2.73. The molecule has 0 fully saturated rings. The van der Waals surface area contributed by atoms with E-state index in [0.717, 1.165) is 4.88 Å². The molecule has 0 aliphatic heterocycles. The highest BCUT2D eigenvalue weighted by Crippen LogP contribution is 2.24. The van der Waals surface area contributed by atoms with Crippen molar-refractivity contribution in [3.05, 3.63) is 50.6 Å². The van der Waals surface area contributed by atoms with Crippen LogP contribution < -0.4 is 4.72 Å². The van der Waals surface area contributed by atoms with E-state index >= 15 is 0 Å². The zero-order chi connectivity index (χ0) is 13.2. The molecule has 18 heavy (non-hydrogen) atoms. The van der Waals surface area contributed by atoms with E-state index in [1.807, 2.05) is 5.38 Å². The second-order valence-electron chi connectivity index (χ2n) is 3.45. The van der Waals surface area contributed by atoms with Crippen LogP contribution in [0.1, 0.15) is 4.88 Å². The van der Waals surface area contributed by atoms with Crippen LogP contribution in [-0.4, -0.2) is 8.42 Å². The van der Waals surface area contributed by atoms with Crippen LogP contribution in [0.25, 0.3) is 0 Å². The molecule has 0 aliphatic rings. The molecule has 1 aromatic carbocycles. The van der Waals surface area contributed by atoms with Gasteiger partial charge in [0.25, 0.3) is 0 Å². The number of hydrogen-bond donors (Lipinski definition) is 1. The molecule has 2 rings (SSSR count). The largest absolute Gasteiger partial charge is 0.242 e. The second kappa shape index (κ2) is 5.59. The molecule has 96 valence electrons. The Bertz CT molecular complexity index is 653. The third kappa shape index (κ3) is 3.05. The van der Waals surface area contributed by atoms with E-state index in [1.165, 1.54) is 23.5 Å². The maximum Gasteiger partial charge on any atom is 0.242 e. The molecule has 0 saturated carbocycles. The molecule has 0 amide bonds. The van der Waals surface area contributed by atoms with Crippen molar-refractivity contribution in [2.75, 3.05) is 0 Å².